The highest BCUT2D eigenvalue weighted by atomic mass is 28.3. The molecule has 0 heterocycles. The molecule has 0 nitrogen and oxygen atoms in total. The van der Waals surface area contributed by atoms with Crippen LogP contribution in [0.25, 0.3) is 0 Å². The molecule has 0 fully saturated rings. The Labute approximate surface area is 112 Å². The maximum Gasteiger partial charge on any atom is 0.421 e. The second kappa shape index (κ2) is 5.28. The third-order valence-corrected chi connectivity index (χ3v) is 3.26. The van der Waals surface area contributed by atoms with E-state index < -0.39 is 49.4 Å². The maximum absolute atomic E-state index is 13.6. The molecule has 2 atom stereocenters. The van der Waals surface area contributed by atoms with Crippen LogP contribution in [-0.4, -0.2) is 20.4 Å². The predicted octanol–water partition coefficient (Wildman–Crippen LogP) is 4.77. The normalized spacial score (nSPS) is 24.7. The topological polar surface area (TPSA) is 0 Å². The first-order valence-electron chi connectivity index (χ1n) is 5.55. The van der Waals surface area contributed by atoms with Crippen LogP contribution in [0.5, 0.6) is 0 Å². The summed E-state index contributed by atoms with van der Waals surface area (Å²) in [7, 11) is -2.10. The van der Waals surface area contributed by atoms with Gasteiger partial charge in [-0.2, -0.15) is 13.2 Å². The summed E-state index contributed by atoms with van der Waals surface area (Å²) in [5, 5.41) is 0. The van der Waals surface area contributed by atoms with Crippen molar-refractivity contribution in [2.24, 2.45) is 5.92 Å². The molecule has 0 aromatic carbocycles. The van der Waals surface area contributed by atoms with Crippen molar-refractivity contribution >= 4 is 8.07 Å². The molecule has 8 heteroatoms. The lowest BCUT2D eigenvalue weighted by Crippen LogP contribution is -2.29. The Kier molecular flexibility index (Phi) is 4.44. The minimum absolute atomic E-state index is 1.71. The fraction of sp³-hybridized carbons (Fsp3) is 0.500. The zero-order chi connectivity index (χ0) is 15.9. The van der Waals surface area contributed by atoms with Crippen LogP contribution in [0.2, 0.25) is 19.6 Å². The highest BCUT2D eigenvalue weighted by Crippen LogP contribution is 2.45. The molecule has 0 N–H and O–H groups in total. The Balaban J connectivity index is 3.34. The Morgan fingerprint density at radius 1 is 1.00 bits per heavy atom. The molecule has 0 aromatic rings. The van der Waals surface area contributed by atoms with Gasteiger partial charge >= 0.3 is 6.18 Å². The lowest BCUT2D eigenvalue weighted by atomic mass is 9.92. The molecule has 0 amide bonds. The first-order valence-corrected chi connectivity index (χ1v) is 9.05. The molecule has 0 saturated heterocycles. The van der Waals surface area contributed by atoms with Crippen molar-refractivity contribution in [3.63, 3.8) is 0 Å². The number of hydrogen-bond donors (Lipinski definition) is 0. The van der Waals surface area contributed by atoms with E-state index in [4.69, 9.17) is 0 Å². The first kappa shape index (κ1) is 16.8. The van der Waals surface area contributed by atoms with E-state index in [0.717, 1.165) is 0 Å². The zero-order valence-electron chi connectivity index (χ0n) is 10.8. The van der Waals surface area contributed by atoms with E-state index in [2.05, 4.69) is 5.54 Å². The highest BCUT2D eigenvalue weighted by molar-refractivity contribution is 6.83. The minimum atomic E-state index is -5.51. The molecule has 0 saturated carbocycles. The number of alkyl halides is 4. The van der Waals surface area contributed by atoms with Crippen molar-refractivity contribution in [3.05, 3.63) is 23.1 Å². The molecule has 0 bridgehead atoms. The zero-order valence-corrected chi connectivity index (χ0v) is 11.8. The largest absolute Gasteiger partial charge is 0.421 e. The molecule has 1 aliphatic carbocycles. The van der Waals surface area contributed by atoms with Gasteiger partial charge in [0, 0.05) is 0 Å². The van der Waals surface area contributed by atoms with Crippen molar-refractivity contribution in [1.29, 1.82) is 0 Å². The minimum Gasteiger partial charge on any atom is -0.238 e. The van der Waals surface area contributed by atoms with Gasteiger partial charge in [-0.3, -0.25) is 0 Å². The highest BCUT2D eigenvalue weighted by Gasteiger charge is 2.49. The van der Waals surface area contributed by atoms with Crippen LogP contribution in [0.3, 0.4) is 0 Å². The SMILES string of the molecule is C[Si](C)(C)C#CC1C(F)=C(F)C(C(F)(F)F)=C(F)C1F. The van der Waals surface area contributed by atoms with E-state index in [9.17, 15) is 30.7 Å². The summed E-state index contributed by atoms with van der Waals surface area (Å²) < 4.78 is 90.7. The third-order valence-electron chi connectivity index (χ3n) is 2.36. The van der Waals surface area contributed by atoms with Gasteiger partial charge < -0.3 is 0 Å². The van der Waals surface area contributed by atoms with Crippen LogP contribution in [-0.2, 0) is 0 Å². The smallest absolute Gasteiger partial charge is 0.238 e. The van der Waals surface area contributed by atoms with E-state index in [1.165, 1.54) is 0 Å². The van der Waals surface area contributed by atoms with E-state index >= 15 is 0 Å². The summed E-state index contributed by atoms with van der Waals surface area (Å²) in [6.07, 6.45) is -8.47. The van der Waals surface area contributed by atoms with Crippen LogP contribution >= 0.6 is 0 Å². The Bertz CT molecular complexity index is 525. The second-order valence-corrected chi connectivity index (χ2v) is 10.0. The predicted molar refractivity (Wildman–Crippen MR) is 62.9 cm³/mol. The summed E-state index contributed by atoms with van der Waals surface area (Å²) in [4.78, 5) is 0. The quantitative estimate of drug-likeness (QED) is 0.343. The molecule has 0 radical (unpaired) electrons. The molecule has 0 spiro atoms. The van der Waals surface area contributed by atoms with Gasteiger partial charge in [0.15, 0.2) is 23.7 Å². The van der Waals surface area contributed by atoms with Crippen molar-refractivity contribution in [3.8, 4) is 11.5 Å². The lowest BCUT2D eigenvalue weighted by molar-refractivity contribution is -0.0952. The summed E-state index contributed by atoms with van der Waals surface area (Å²) in [5.74, 6) is -6.97. The summed E-state index contributed by atoms with van der Waals surface area (Å²) in [6.45, 7) is 5.13. The van der Waals surface area contributed by atoms with Gasteiger partial charge in [-0.05, 0) is 0 Å². The monoisotopic (exact) mass is 316 g/mol. The molecule has 0 aromatic heterocycles. The van der Waals surface area contributed by atoms with Crippen molar-refractivity contribution in [1.82, 2.24) is 0 Å². The van der Waals surface area contributed by atoms with Crippen LogP contribution in [0, 0.1) is 17.4 Å². The summed E-state index contributed by atoms with van der Waals surface area (Å²) in [5.41, 5.74) is -0.0491. The molecule has 0 aliphatic heterocycles. The summed E-state index contributed by atoms with van der Waals surface area (Å²) in [6, 6.07) is 0. The van der Waals surface area contributed by atoms with Crippen LogP contribution in [0.15, 0.2) is 23.1 Å². The Morgan fingerprint density at radius 3 is 1.90 bits per heavy atom. The van der Waals surface area contributed by atoms with Crippen molar-refractivity contribution in [2.45, 2.75) is 32.0 Å². The van der Waals surface area contributed by atoms with Gasteiger partial charge in [-0.1, -0.05) is 25.6 Å². The standard InChI is InChI=1S/C12H11F7Si/c1-20(2,3)5-4-6-8(13)10(15)7(12(17,18)19)11(16)9(6)14/h6,8H,1-3H3. The van der Waals surface area contributed by atoms with E-state index in [0.29, 0.717) is 0 Å². The van der Waals surface area contributed by atoms with Crippen LogP contribution in [0.4, 0.5) is 30.7 Å². The Morgan fingerprint density at radius 2 is 1.50 bits per heavy atom. The van der Waals surface area contributed by atoms with Gasteiger partial charge in [-0.25, -0.2) is 17.6 Å². The fourth-order valence-electron chi connectivity index (χ4n) is 1.46. The molecular weight excluding hydrogens is 305 g/mol. The van der Waals surface area contributed by atoms with E-state index in [1.54, 1.807) is 19.6 Å². The lowest BCUT2D eigenvalue weighted by Gasteiger charge is -2.23. The number of hydrogen-bond acceptors (Lipinski definition) is 0. The third kappa shape index (κ3) is 3.45. The van der Waals surface area contributed by atoms with Gasteiger partial charge in [0.2, 0.25) is 0 Å². The van der Waals surface area contributed by atoms with Crippen LogP contribution in [0.1, 0.15) is 0 Å². The molecule has 2 unspecified atom stereocenters. The average molecular weight is 316 g/mol. The second-order valence-electron chi connectivity index (χ2n) is 5.28. The van der Waals surface area contributed by atoms with Crippen molar-refractivity contribution in [2.75, 3.05) is 0 Å². The number of allylic oxidation sites excluding steroid dienone is 4. The fourth-order valence-corrected chi connectivity index (χ4v) is 2.05. The van der Waals surface area contributed by atoms with E-state index in [-0.39, 0.29) is 0 Å². The van der Waals surface area contributed by atoms with Gasteiger partial charge in [-0.15, -0.1) is 5.54 Å². The van der Waals surface area contributed by atoms with Gasteiger partial charge in [0.05, 0.1) is 0 Å². The first-order chi connectivity index (χ1) is 8.86. The van der Waals surface area contributed by atoms with Gasteiger partial charge in [0.25, 0.3) is 0 Å². The van der Waals surface area contributed by atoms with Crippen LogP contribution < -0.4 is 0 Å². The molecule has 1 rings (SSSR count). The molecule has 1 aliphatic rings. The average Bonchev–Trinajstić information content (AvgIpc) is 2.23. The molecular formula is C12H11F7Si. The van der Waals surface area contributed by atoms with Crippen molar-refractivity contribution < 1.29 is 30.7 Å². The Hall–Kier alpha value is -1.23. The molecule has 20 heavy (non-hydrogen) atoms. The molecule has 112 valence electrons. The van der Waals surface area contributed by atoms with Gasteiger partial charge in [0.1, 0.15) is 19.6 Å². The summed E-state index contributed by atoms with van der Waals surface area (Å²) >= 11 is 0. The van der Waals surface area contributed by atoms with E-state index in [1.807, 2.05) is 5.92 Å². The number of rotatable bonds is 0. The maximum atomic E-state index is 13.6. The number of halogens is 7.